The van der Waals surface area contributed by atoms with Gasteiger partial charge in [-0.15, -0.1) is 6.58 Å². The topological polar surface area (TPSA) is 71.1 Å². The van der Waals surface area contributed by atoms with Crippen LogP contribution in [-0.2, 0) is 30.4 Å². The fourth-order valence-electron chi connectivity index (χ4n) is 1.11. The van der Waals surface area contributed by atoms with Crippen LogP contribution in [0.25, 0.3) is 0 Å². The van der Waals surface area contributed by atoms with E-state index in [1.807, 2.05) is 0 Å². The first-order valence-corrected chi connectivity index (χ1v) is 6.53. The van der Waals surface area contributed by atoms with Gasteiger partial charge in [0.1, 0.15) is 0 Å². The summed E-state index contributed by atoms with van der Waals surface area (Å²) < 4.78 is 30.4. The van der Waals surface area contributed by atoms with Crippen molar-refractivity contribution in [2.45, 2.75) is 13.3 Å². The van der Waals surface area contributed by atoms with Gasteiger partial charge in [0.05, 0.1) is 6.61 Å². The molecule has 0 aliphatic carbocycles. The van der Waals surface area contributed by atoms with Crippen molar-refractivity contribution in [2.75, 3.05) is 6.61 Å². The number of rotatable bonds is 8. The van der Waals surface area contributed by atoms with Crippen LogP contribution in [0.5, 0.6) is 5.75 Å². The molecule has 0 saturated carbocycles. The van der Waals surface area contributed by atoms with Crippen LogP contribution in [0.3, 0.4) is 0 Å². The molecule has 6 nitrogen and oxygen atoms in total. The summed E-state index contributed by atoms with van der Waals surface area (Å²) in [5.41, 5.74) is 0.735. The summed E-state index contributed by atoms with van der Waals surface area (Å²) in [5.74, 6) is 0.265. The van der Waals surface area contributed by atoms with Gasteiger partial charge >= 0.3 is 10.4 Å². The van der Waals surface area contributed by atoms with E-state index < -0.39 is 10.4 Å². The molecule has 0 aliphatic heterocycles. The Labute approximate surface area is 106 Å². The predicted molar refractivity (Wildman–Crippen MR) is 63.7 cm³/mol. The fourth-order valence-corrected chi connectivity index (χ4v) is 1.50. The maximum atomic E-state index is 11.1. The minimum Gasteiger partial charge on any atom is -0.319 e. The first kappa shape index (κ1) is 14.7. The highest BCUT2D eigenvalue weighted by molar-refractivity contribution is 7.81. The third kappa shape index (κ3) is 4.84. The predicted octanol–water partition coefficient (Wildman–Crippen LogP) is 1.94. The van der Waals surface area contributed by atoms with E-state index in [-0.39, 0.29) is 12.4 Å². The third-order valence-electron chi connectivity index (χ3n) is 1.79. The molecule has 1 rings (SSSR count). The van der Waals surface area contributed by atoms with Crippen LogP contribution in [0.4, 0.5) is 0 Å². The largest absolute Gasteiger partial charge is 0.462 e. The molecule has 0 radical (unpaired) electrons. The van der Waals surface area contributed by atoms with E-state index in [0.717, 1.165) is 5.56 Å². The molecule has 0 fully saturated rings. The van der Waals surface area contributed by atoms with Gasteiger partial charge in [0.25, 0.3) is 0 Å². The molecule has 100 valence electrons. The lowest BCUT2D eigenvalue weighted by Gasteiger charge is -2.07. The van der Waals surface area contributed by atoms with E-state index in [0.29, 0.717) is 6.42 Å². The van der Waals surface area contributed by atoms with Gasteiger partial charge in [-0.25, -0.2) is 4.89 Å². The summed E-state index contributed by atoms with van der Waals surface area (Å²) in [6.45, 7) is 5.22. The standard InChI is InChI=1S/C11H14O6S/c1-3-7-10-8-5-6-9-11(10)15-17-18(12,13)16-14-4-2/h3,5-6,8-9H,1,4,7H2,2H3. The maximum absolute atomic E-state index is 11.1. The van der Waals surface area contributed by atoms with Crippen LogP contribution in [-0.4, -0.2) is 15.0 Å². The molecule has 1 aromatic carbocycles. The Morgan fingerprint density at radius 3 is 2.67 bits per heavy atom. The minimum absolute atomic E-state index is 0.0651. The van der Waals surface area contributed by atoms with E-state index in [1.165, 1.54) is 0 Å². The molecule has 0 amide bonds. The van der Waals surface area contributed by atoms with Gasteiger partial charge in [0.15, 0.2) is 5.75 Å². The zero-order valence-corrected chi connectivity index (χ0v) is 10.7. The van der Waals surface area contributed by atoms with E-state index >= 15 is 0 Å². The van der Waals surface area contributed by atoms with Gasteiger partial charge in [-0.2, -0.15) is 8.42 Å². The average Bonchev–Trinajstić information content (AvgIpc) is 2.36. The second-order valence-corrected chi connectivity index (χ2v) is 4.22. The van der Waals surface area contributed by atoms with Crippen molar-refractivity contribution in [2.24, 2.45) is 0 Å². The molecule has 0 saturated heterocycles. The number of hydrogen-bond donors (Lipinski definition) is 0. The highest BCUT2D eigenvalue weighted by Crippen LogP contribution is 2.19. The van der Waals surface area contributed by atoms with Gasteiger partial charge in [-0.3, -0.25) is 0 Å². The first-order valence-electron chi connectivity index (χ1n) is 5.20. The average molecular weight is 274 g/mol. The second kappa shape index (κ2) is 7.12. The number of allylic oxidation sites excluding steroid dienone is 1. The lowest BCUT2D eigenvalue weighted by atomic mass is 10.1. The Bertz CT molecular complexity index is 482. The first-order chi connectivity index (χ1) is 8.59. The molecular formula is C11H14O6S. The Kier molecular flexibility index (Phi) is 5.79. The summed E-state index contributed by atoms with van der Waals surface area (Å²) in [7, 11) is -4.34. The molecule has 18 heavy (non-hydrogen) atoms. The van der Waals surface area contributed by atoms with E-state index in [2.05, 4.69) is 20.1 Å². The molecule has 0 aromatic heterocycles. The summed E-state index contributed by atoms with van der Waals surface area (Å²) in [5, 5.41) is 0. The van der Waals surface area contributed by atoms with Crippen LogP contribution < -0.4 is 4.89 Å². The highest BCUT2D eigenvalue weighted by atomic mass is 32.3. The van der Waals surface area contributed by atoms with Crippen LogP contribution in [0, 0.1) is 0 Å². The van der Waals surface area contributed by atoms with Crippen molar-refractivity contribution in [3.05, 3.63) is 42.5 Å². The molecule has 0 aliphatic rings. The molecule has 1 aromatic rings. The van der Waals surface area contributed by atoms with Crippen LogP contribution in [0.15, 0.2) is 36.9 Å². The number of para-hydroxylation sites is 1. The normalized spacial score (nSPS) is 11.2. The lowest BCUT2D eigenvalue weighted by molar-refractivity contribution is -0.226. The zero-order valence-electron chi connectivity index (χ0n) is 9.87. The van der Waals surface area contributed by atoms with Gasteiger partial charge in [-0.1, -0.05) is 28.6 Å². The van der Waals surface area contributed by atoms with Crippen LogP contribution >= 0.6 is 0 Å². The molecule has 0 N–H and O–H groups in total. The lowest BCUT2D eigenvalue weighted by Crippen LogP contribution is -2.13. The van der Waals surface area contributed by atoms with Gasteiger partial charge in [0.2, 0.25) is 0 Å². The van der Waals surface area contributed by atoms with Gasteiger partial charge < -0.3 is 4.89 Å². The molecule has 0 heterocycles. The second-order valence-electron chi connectivity index (χ2n) is 3.13. The van der Waals surface area contributed by atoms with E-state index in [9.17, 15) is 8.42 Å². The molecule has 7 heteroatoms. The Balaban J connectivity index is 2.65. The third-order valence-corrected chi connectivity index (χ3v) is 2.29. The summed E-state index contributed by atoms with van der Waals surface area (Å²) >= 11 is 0. The van der Waals surface area contributed by atoms with Crippen molar-refractivity contribution in [3.63, 3.8) is 0 Å². The highest BCUT2D eigenvalue weighted by Gasteiger charge is 2.16. The van der Waals surface area contributed by atoms with E-state index in [1.54, 1.807) is 37.3 Å². The van der Waals surface area contributed by atoms with Crippen molar-refractivity contribution in [1.82, 2.24) is 0 Å². The maximum Gasteiger partial charge on any atom is 0.462 e. The SMILES string of the molecule is C=CCc1ccccc1OOS(=O)(=O)OOCC. The van der Waals surface area contributed by atoms with Crippen LogP contribution in [0.1, 0.15) is 12.5 Å². The monoisotopic (exact) mass is 274 g/mol. The quantitative estimate of drug-likeness (QED) is 0.410. The van der Waals surface area contributed by atoms with Gasteiger partial charge in [0, 0.05) is 5.56 Å². The molecular weight excluding hydrogens is 260 g/mol. The van der Waals surface area contributed by atoms with Gasteiger partial charge in [-0.05, 0) is 23.7 Å². The smallest absolute Gasteiger partial charge is 0.319 e. The Morgan fingerprint density at radius 1 is 1.28 bits per heavy atom. The minimum atomic E-state index is -4.34. The van der Waals surface area contributed by atoms with Crippen molar-refractivity contribution < 1.29 is 26.9 Å². The van der Waals surface area contributed by atoms with E-state index in [4.69, 9.17) is 4.89 Å². The van der Waals surface area contributed by atoms with Crippen molar-refractivity contribution >= 4 is 10.4 Å². The number of benzene rings is 1. The van der Waals surface area contributed by atoms with Crippen molar-refractivity contribution in [1.29, 1.82) is 0 Å². The summed E-state index contributed by atoms with van der Waals surface area (Å²) in [4.78, 5) is 8.97. The molecule has 0 bridgehead atoms. The van der Waals surface area contributed by atoms with Crippen LogP contribution in [0.2, 0.25) is 0 Å². The molecule has 0 unspecified atom stereocenters. The summed E-state index contributed by atoms with van der Waals surface area (Å²) in [6.07, 6.45) is 2.18. The van der Waals surface area contributed by atoms with Crippen molar-refractivity contribution in [3.8, 4) is 5.75 Å². The number of hydrogen-bond acceptors (Lipinski definition) is 6. The Hall–Kier alpha value is -1.41. The fraction of sp³-hybridized carbons (Fsp3) is 0.273. The molecule has 0 atom stereocenters. The zero-order chi connectivity index (χ0) is 13.4. The summed E-state index contributed by atoms with van der Waals surface area (Å²) in [6, 6.07) is 6.80. The Morgan fingerprint density at radius 2 is 2.00 bits per heavy atom. The molecule has 0 spiro atoms.